The van der Waals surface area contributed by atoms with Crippen LogP contribution < -0.4 is 0 Å². The van der Waals surface area contributed by atoms with E-state index >= 15 is 0 Å². The molecular formula is C13H13NO5S. The Labute approximate surface area is 119 Å². The topological polar surface area (TPSA) is 83.9 Å². The number of aliphatic hydroxyl groups is 1. The second-order valence-corrected chi connectivity index (χ2v) is 5.32. The van der Waals surface area contributed by atoms with E-state index in [0.29, 0.717) is 5.56 Å². The molecule has 1 aliphatic heterocycles. The van der Waals surface area contributed by atoms with Crippen LogP contribution in [0, 0.1) is 0 Å². The summed E-state index contributed by atoms with van der Waals surface area (Å²) in [5.41, 5.74) is 0.511. The van der Waals surface area contributed by atoms with E-state index in [1.54, 1.807) is 30.3 Å². The summed E-state index contributed by atoms with van der Waals surface area (Å²) in [6.45, 7) is 0.137. The molecule has 2 atom stereocenters. The zero-order valence-electron chi connectivity index (χ0n) is 10.7. The fraction of sp³-hybridized carbons (Fsp3) is 0.308. The van der Waals surface area contributed by atoms with E-state index in [0.717, 1.165) is 23.8 Å². The number of likely N-dealkylation sites (tertiary alicyclic amines) is 1. The molecule has 1 heterocycles. The molecule has 2 unspecified atom stereocenters. The Morgan fingerprint density at radius 2 is 2.05 bits per heavy atom. The number of rotatable bonds is 4. The maximum absolute atomic E-state index is 11.9. The van der Waals surface area contributed by atoms with Crippen LogP contribution in [0.2, 0.25) is 0 Å². The van der Waals surface area contributed by atoms with E-state index < -0.39 is 23.4 Å². The van der Waals surface area contributed by atoms with Gasteiger partial charge in [0, 0.05) is 12.1 Å². The molecule has 106 valence electrons. The number of aliphatic hydroxyl groups excluding tert-OH is 1. The quantitative estimate of drug-likeness (QED) is 0.634. The van der Waals surface area contributed by atoms with Gasteiger partial charge in [0.05, 0.1) is 7.11 Å². The van der Waals surface area contributed by atoms with Crippen molar-refractivity contribution in [3.8, 4) is 0 Å². The second kappa shape index (κ2) is 6.06. The summed E-state index contributed by atoms with van der Waals surface area (Å²) in [7, 11) is 1.13. The summed E-state index contributed by atoms with van der Waals surface area (Å²) in [6, 6.07) is 8.61. The monoisotopic (exact) mass is 295 g/mol. The Bertz CT molecular complexity index is 533. The molecule has 1 aromatic rings. The van der Waals surface area contributed by atoms with Crippen molar-refractivity contribution < 1.29 is 24.2 Å². The fourth-order valence-electron chi connectivity index (χ4n) is 1.73. The van der Waals surface area contributed by atoms with E-state index in [2.05, 4.69) is 4.74 Å². The SMILES string of the molecule is COC(=O)C(O)N1CC(SC(=O)c2ccccc2)C1=O. The molecule has 0 spiro atoms. The number of benzene rings is 1. The largest absolute Gasteiger partial charge is 0.466 e. The normalized spacial score (nSPS) is 19.2. The molecule has 6 nitrogen and oxygen atoms in total. The highest BCUT2D eigenvalue weighted by Crippen LogP contribution is 2.28. The lowest BCUT2D eigenvalue weighted by atomic mass is 10.2. The number of amides is 1. The van der Waals surface area contributed by atoms with Gasteiger partial charge < -0.3 is 14.7 Å². The predicted molar refractivity (Wildman–Crippen MR) is 71.9 cm³/mol. The zero-order chi connectivity index (χ0) is 14.7. The molecule has 0 aliphatic carbocycles. The highest BCUT2D eigenvalue weighted by Gasteiger charge is 2.44. The van der Waals surface area contributed by atoms with Crippen LogP contribution in [0.4, 0.5) is 0 Å². The minimum absolute atomic E-state index is 0.137. The van der Waals surface area contributed by atoms with E-state index in [1.807, 2.05) is 0 Å². The summed E-state index contributed by atoms with van der Waals surface area (Å²) >= 11 is 0.895. The lowest BCUT2D eigenvalue weighted by Gasteiger charge is -2.39. The van der Waals surface area contributed by atoms with E-state index in [9.17, 15) is 19.5 Å². The van der Waals surface area contributed by atoms with Gasteiger partial charge in [0.15, 0.2) is 0 Å². The van der Waals surface area contributed by atoms with Crippen LogP contribution in [0.25, 0.3) is 0 Å². The molecular weight excluding hydrogens is 282 g/mol. The van der Waals surface area contributed by atoms with Crippen LogP contribution in [0.1, 0.15) is 10.4 Å². The Morgan fingerprint density at radius 1 is 1.40 bits per heavy atom. The van der Waals surface area contributed by atoms with Crippen molar-refractivity contribution in [3.63, 3.8) is 0 Å². The van der Waals surface area contributed by atoms with Crippen molar-refractivity contribution in [2.24, 2.45) is 0 Å². The van der Waals surface area contributed by atoms with Gasteiger partial charge >= 0.3 is 5.97 Å². The number of nitrogens with zero attached hydrogens (tertiary/aromatic N) is 1. The van der Waals surface area contributed by atoms with Gasteiger partial charge in [-0.3, -0.25) is 9.59 Å². The number of hydrogen-bond acceptors (Lipinski definition) is 6. The van der Waals surface area contributed by atoms with Crippen molar-refractivity contribution in [3.05, 3.63) is 35.9 Å². The van der Waals surface area contributed by atoms with Gasteiger partial charge in [0.1, 0.15) is 5.25 Å². The first-order valence-corrected chi connectivity index (χ1v) is 6.75. The fourth-order valence-corrected chi connectivity index (χ4v) is 2.73. The molecule has 1 aromatic carbocycles. The summed E-state index contributed by atoms with van der Waals surface area (Å²) in [5.74, 6) is -1.34. The molecule has 0 bridgehead atoms. The molecule has 20 heavy (non-hydrogen) atoms. The molecule has 1 saturated heterocycles. The van der Waals surface area contributed by atoms with Crippen molar-refractivity contribution in [1.82, 2.24) is 4.90 Å². The van der Waals surface area contributed by atoms with Crippen LogP contribution in [-0.2, 0) is 14.3 Å². The Kier molecular flexibility index (Phi) is 4.41. The summed E-state index contributed by atoms with van der Waals surface area (Å²) in [5, 5.41) is 8.73. The molecule has 1 aliphatic rings. The van der Waals surface area contributed by atoms with Crippen LogP contribution in [0.5, 0.6) is 0 Å². The van der Waals surface area contributed by atoms with Gasteiger partial charge in [-0.25, -0.2) is 4.79 Å². The van der Waals surface area contributed by atoms with Gasteiger partial charge in [0.2, 0.25) is 17.3 Å². The van der Waals surface area contributed by atoms with Crippen molar-refractivity contribution in [2.45, 2.75) is 11.5 Å². The minimum atomic E-state index is -1.60. The van der Waals surface area contributed by atoms with Gasteiger partial charge in [-0.1, -0.05) is 42.1 Å². The maximum Gasteiger partial charge on any atom is 0.356 e. The lowest BCUT2D eigenvalue weighted by molar-refractivity contribution is -0.174. The first-order chi connectivity index (χ1) is 9.54. The first kappa shape index (κ1) is 14.5. The molecule has 1 fully saturated rings. The summed E-state index contributed by atoms with van der Waals surface area (Å²) < 4.78 is 4.35. The van der Waals surface area contributed by atoms with Gasteiger partial charge in [-0.15, -0.1) is 0 Å². The van der Waals surface area contributed by atoms with E-state index in [4.69, 9.17) is 0 Å². The highest BCUT2D eigenvalue weighted by molar-refractivity contribution is 8.15. The van der Waals surface area contributed by atoms with Gasteiger partial charge in [-0.05, 0) is 0 Å². The maximum atomic E-state index is 11.9. The Balaban J connectivity index is 1.91. The molecule has 2 rings (SSSR count). The number of carbonyl (C=O) groups excluding carboxylic acids is 3. The first-order valence-electron chi connectivity index (χ1n) is 5.87. The predicted octanol–water partition coefficient (Wildman–Crippen LogP) is 0.262. The number of thioether (sulfide) groups is 1. The van der Waals surface area contributed by atoms with Gasteiger partial charge in [-0.2, -0.15) is 0 Å². The summed E-state index contributed by atoms with van der Waals surface area (Å²) in [6.07, 6.45) is -1.60. The molecule has 0 aromatic heterocycles. The standard InChI is InChI=1S/C13H13NO5S/c1-19-12(17)11(16)14-7-9(10(14)15)20-13(18)8-5-3-2-4-6-8/h2-6,9,11,16H,7H2,1H3. The number of methoxy groups -OCH3 is 1. The van der Waals surface area contributed by atoms with Crippen LogP contribution in [0.15, 0.2) is 30.3 Å². The Morgan fingerprint density at radius 3 is 2.60 bits per heavy atom. The number of β-lactam (4-membered cyclic amide) rings is 1. The van der Waals surface area contributed by atoms with E-state index in [1.165, 1.54) is 0 Å². The molecule has 1 amide bonds. The smallest absolute Gasteiger partial charge is 0.356 e. The van der Waals surface area contributed by atoms with Crippen molar-refractivity contribution in [2.75, 3.05) is 13.7 Å². The van der Waals surface area contributed by atoms with Gasteiger partial charge in [0.25, 0.3) is 0 Å². The Hall–Kier alpha value is -1.86. The van der Waals surface area contributed by atoms with Crippen LogP contribution in [0.3, 0.4) is 0 Å². The number of hydrogen-bond donors (Lipinski definition) is 1. The lowest BCUT2D eigenvalue weighted by Crippen LogP contribution is -2.61. The number of esters is 1. The highest BCUT2D eigenvalue weighted by atomic mass is 32.2. The van der Waals surface area contributed by atoms with E-state index in [-0.39, 0.29) is 11.7 Å². The average Bonchev–Trinajstić information content (AvgIpc) is 2.49. The third kappa shape index (κ3) is 2.83. The van der Waals surface area contributed by atoms with Crippen LogP contribution in [-0.4, -0.2) is 52.1 Å². The average molecular weight is 295 g/mol. The zero-order valence-corrected chi connectivity index (χ0v) is 11.5. The van der Waals surface area contributed by atoms with Crippen LogP contribution >= 0.6 is 11.8 Å². The second-order valence-electron chi connectivity index (χ2n) is 4.15. The number of carbonyl (C=O) groups is 3. The van der Waals surface area contributed by atoms with Crippen molar-refractivity contribution >= 4 is 28.8 Å². The third-order valence-electron chi connectivity index (χ3n) is 2.89. The molecule has 7 heteroatoms. The minimum Gasteiger partial charge on any atom is -0.466 e. The molecule has 0 radical (unpaired) electrons. The summed E-state index contributed by atoms with van der Waals surface area (Å²) in [4.78, 5) is 35.7. The number of ether oxygens (including phenoxy) is 1. The molecule has 0 saturated carbocycles. The van der Waals surface area contributed by atoms with Crippen molar-refractivity contribution in [1.29, 1.82) is 0 Å². The third-order valence-corrected chi connectivity index (χ3v) is 3.97. The molecule has 1 N–H and O–H groups in total.